The van der Waals surface area contributed by atoms with Crippen LogP contribution in [0.25, 0.3) is 0 Å². The van der Waals surface area contributed by atoms with Crippen molar-refractivity contribution < 1.29 is 14.6 Å². The molecule has 0 bridgehead atoms. The lowest BCUT2D eigenvalue weighted by atomic mass is 9.88. The smallest absolute Gasteiger partial charge is 0.253 e. The molecule has 0 aromatic heterocycles. The highest BCUT2D eigenvalue weighted by Crippen LogP contribution is 2.32. The number of amides is 1. The van der Waals surface area contributed by atoms with Crippen molar-refractivity contribution in [2.24, 2.45) is 4.99 Å². The van der Waals surface area contributed by atoms with Crippen molar-refractivity contribution in [3.63, 3.8) is 0 Å². The van der Waals surface area contributed by atoms with E-state index in [1.165, 1.54) is 0 Å². The number of piperidine rings is 1. The maximum atomic E-state index is 12.7. The number of likely N-dealkylation sites (tertiary alicyclic amines) is 1. The molecular weight excluding hydrogens is 354 g/mol. The number of phenolic OH excluding ortho intramolecular Hbond substituents is 1. The number of rotatable bonds is 5. The Morgan fingerprint density at radius 3 is 2.64 bits per heavy atom. The maximum Gasteiger partial charge on any atom is 0.253 e. The molecule has 2 aliphatic rings. The number of aromatic hydroxyl groups is 1. The zero-order valence-electron chi connectivity index (χ0n) is 16.0. The Balaban J connectivity index is 1.43. The summed E-state index contributed by atoms with van der Waals surface area (Å²) in [5, 5.41) is 12.8. The van der Waals surface area contributed by atoms with Gasteiger partial charge in [0.1, 0.15) is 11.4 Å². The second kappa shape index (κ2) is 7.64. The third kappa shape index (κ3) is 3.60. The first kappa shape index (κ1) is 18.5. The Morgan fingerprint density at radius 2 is 1.93 bits per heavy atom. The number of amidine groups is 1. The molecule has 146 valence electrons. The minimum Gasteiger partial charge on any atom is -0.504 e. The monoisotopic (exact) mass is 379 g/mol. The molecule has 6 nitrogen and oxygen atoms in total. The van der Waals surface area contributed by atoms with Crippen molar-refractivity contribution in [2.45, 2.75) is 31.8 Å². The van der Waals surface area contributed by atoms with Gasteiger partial charge < -0.3 is 15.2 Å². The summed E-state index contributed by atoms with van der Waals surface area (Å²) in [6, 6.07) is 15.3. The highest BCUT2D eigenvalue weighted by atomic mass is 16.5. The number of nitrogens with one attached hydrogen (secondary N) is 1. The Hall–Kier alpha value is -2.86. The van der Waals surface area contributed by atoms with Crippen LogP contribution in [0.4, 0.5) is 0 Å². The van der Waals surface area contributed by atoms with E-state index in [4.69, 9.17) is 9.73 Å². The van der Waals surface area contributed by atoms with Crippen molar-refractivity contribution in [3.05, 3.63) is 59.7 Å². The average Bonchev–Trinajstić information content (AvgIpc) is 3.03. The third-order valence-electron chi connectivity index (χ3n) is 5.44. The van der Waals surface area contributed by atoms with Gasteiger partial charge in [0.15, 0.2) is 11.5 Å². The molecule has 4 rings (SSSR count). The fraction of sp³-hybridized carbons (Fsp3) is 0.364. The van der Waals surface area contributed by atoms with E-state index in [1.807, 2.05) is 49.4 Å². The zero-order valence-corrected chi connectivity index (χ0v) is 16.0. The Morgan fingerprint density at radius 1 is 1.18 bits per heavy atom. The third-order valence-corrected chi connectivity index (χ3v) is 5.44. The fourth-order valence-corrected chi connectivity index (χ4v) is 3.86. The van der Waals surface area contributed by atoms with Gasteiger partial charge in [0.25, 0.3) is 5.91 Å². The van der Waals surface area contributed by atoms with Crippen molar-refractivity contribution in [3.8, 4) is 11.5 Å². The molecule has 2 aromatic rings. The topological polar surface area (TPSA) is 74.2 Å². The van der Waals surface area contributed by atoms with Gasteiger partial charge in [-0.2, -0.15) is 0 Å². The van der Waals surface area contributed by atoms with Crippen LogP contribution in [0.1, 0.15) is 30.9 Å². The molecule has 2 N–H and O–H groups in total. The van der Waals surface area contributed by atoms with Crippen molar-refractivity contribution in [1.29, 1.82) is 0 Å². The van der Waals surface area contributed by atoms with Crippen LogP contribution in [-0.2, 0) is 11.3 Å². The summed E-state index contributed by atoms with van der Waals surface area (Å²) in [5.41, 5.74) is 1.39. The number of hydrogen-bond acceptors (Lipinski definition) is 5. The lowest BCUT2D eigenvalue weighted by Crippen LogP contribution is -2.48. The number of benzene rings is 2. The van der Waals surface area contributed by atoms with Gasteiger partial charge in [0.2, 0.25) is 0 Å². The van der Waals surface area contributed by atoms with Crippen LogP contribution in [0.3, 0.4) is 0 Å². The van der Waals surface area contributed by atoms with Crippen LogP contribution in [0, 0.1) is 0 Å². The van der Waals surface area contributed by atoms with Gasteiger partial charge >= 0.3 is 0 Å². The molecule has 0 atom stereocenters. The summed E-state index contributed by atoms with van der Waals surface area (Å²) < 4.78 is 5.47. The fourth-order valence-electron chi connectivity index (χ4n) is 3.86. The first-order chi connectivity index (χ1) is 13.6. The van der Waals surface area contributed by atoms with Gasteiger partial charge in [-0.3, -0.25) is 14.7 Å². The second-order valence-corrected chi connectivity index (χ2v) is 7.32. The summed E-state index contributed by atoms with van der Waals surface area (Å²) in [7, 11) is 0. The van der Waals surface area contributed by atoms with E-state index in [-0.39, 0.29) is 11.7 Å². The molecule has 1 spiro atoms. The maximum absolute atomic E-state index is 12.7. The number of carbonyl (C=O) groups is 1. The Labute approximate surface area is 164 Å². The number of carbonyl (C=O) groups excluding carboxylic acids is 1. The molecule has 28 heavy (non-hydrogen) atoms. The summed E-state index contributed by atoms with van der Waals surface area (Å²) in [6.07, 6.45) is 1.40. The lowest BCUT2D eigenvalue weighted by Gasteiger charge is -2.35. The molecule has 0 aliphatic carbocycles. The van der Waals surface area contributed by atoms with E-state index >= 15 is 0 Å². The van der Waals surface area contributed by atoms with Gasteiger partial charge in [-0.05, 0) is 37.5 Å². The van der Waals surface area contributed by atoms with Gasteiger partial charge in [0, 0.05) is 25.2 Å². The van der Waals surface area contributed by atoms with Crippen molar-refractivity contribution in [1.82, 2.24) is 10.2 Å². The van der Waals surface area contributed by atoms with Crippen LogP contribution in [0.2, 0.25) is 0 Å². The Kier molecular flexibility index (Phi) is 5.05. The van der Waals surface area contributed by atoms with Gasteiger partial charge in [-0.1, -0.05) is 36.4 Å². The van der Waals surface area contributed by atoms with E-state index in [2.05, 4.69) is 10.2 Å². The number of hydrogen-bond donors (Lipinski definition) is 2. The predicted molar refractivity (Wildman–Crippen MR) is 108 cm³/mol. The van der Waals surface area contributed by atoms with Crippen LogP contribution in [0.5, 0.6) is 11.5 Å². The van der Waals surface area contributed by atoms with Gasteiger partial charge in [-0.15, -0.1) is 0 Å². The number of ether oxygens (including phenoxy) is 1. The van der Waals surface area contributed by atoms with Crippen molar-refractivity contribution in [2.75, 3.05) is 19.7 Å². The Bertz CT molecular complexity index is 887. The summed E-state index contributed by atoms with van der Waals surface area (Å²) in [4.78, 5) is 19.8. The number of nitrogens with zero attached hydrogens (tertiary/aromatic N) is 2. The molecule has 2 heterocycles. The molecule has 0 saturated carbocycles. The van der Waals surface area contributed by atoms with E-state index in [0.29, 0.717) is 31.0 Å². The normalized spacial score (nSPS) is 18.8. The molecule has 6 heteroatoms. The molecule has 2 aliphatic heterocycles. The lowest BCUT2D eigenvalue weighted by molar-refractivity contribution is -0.125. The molecular formula is C22H25N3O3. The van der Waals surface area contributed by atoms with Crippen molar-refractivity contribution >= 4 is 11.7 Å². The number of aliphatic imine (C=N–C) groups is 1. The van der Waals surface area contributed by atoms with E-state index in [0.717, 1.165) is 30.8 Å². The van der Waals surface area contributed by atoms with Crippen LogP contribution >= 0.6 is 0 Å². The largest absolute Gasteiger partial charge is 0.504 e. The first-order valence-corrected chi connectivity index (χ1v) is 9.73. The minimum absolute atomic E-state index is 0.00858. The quantitative estimate of drug-likeness (QED) is 0.838. The standard InChI is InChI=1S/C22H25N3O3/c1-2-28-19-14-16(8-9-18(19)26)15-25-12-10-22(11-13-25)21(27)23-20(24-22)17-6-4-3-5-7-17/h3-9,14,26H,2,10-13,15H2,1H3,(H,23,24,27). The molecule has 1 amide bonds. The molecule has 2 aromatic carbocycles. The van der Waals surface area contributed by atoms with Gasteiger partial charge in [0.05, 0.1) is 6.61 Å². The van der Waals surface area contributed by atoms with E-state index in [9.17, 15) is 9.90 Å². The molecule has 1 saturated heterocycles. The molecule has 1 fully saturated rings. The van der Waals surface area contributed by atoms with Gasteiger partial charge in [-0.25, -0.2) is 0 Å². The predicted octanol–water partition coefficient (Wildman–Crippen LogP) is 2.70. The highest BCUT2D eigenvalue weighted by molar-refractivity contribution is 6.15. The van der Waals surface area contributed by atoms with Crippen LogP contribution in [-0.4, -0.2) is 47.0 Å². The average molecular weight is 379 g/mol. The minimum atomic E-state index is -0.646. The van der Waals surface area contributed by atoms with E-state index < -0.39 is 5.54 Å². The van der Waals surface area contributed by atoms with E-state index in [1.54, 1.807) is 6.07 Å². The summed E-state index contributed by atoms with van der Waals surface area (Å²) in [5.74, 6) is 1.36. The summed E-state index contributed by atoms with van der Waals surface area (Å²) >= 11 is 0. The molecule has 0 unspecified atom stereocenters. The zero-order chi connectivity index (χ0) is 19.6. The summed E-state index contributed by atoms with van der Waals surface area (Å²) in [6.45, 7) is 4.76. The van der Waals surface area contributed by atoms with Crippen LogP contribution in [0.15, 0.2) is 53.5 Å². The van der Waals surface area contributed by atoms with Crippen LogP contribution < -0.4 is 10.1 Å². The molecule has 0 radical (unpaired) electrons. The SMILES string of the molecule is CCOc1cc(CN2CCC3(CC2)N=C(c2ccccc2)NC3=O)ccc1O. The highest BCUT2D eigenvalue weighted by Gasteiger charge is 2.45. The second-order valence-electron chi connectivity index (χ2n) is 7.32. The first-order valence-electron chi connectivity index (χ1n) is 9.73. The number of phenols is 1.